The first kappa shape index (κ1) is 12.4. The summed E-state index contributed by atoms with van der Waals surface area (Å²) in [6.07, 6.45) is 0. The van der Waals surface area contributed by atoms with Gasteiger partial charge in [-0.1, -0.05) is 17.8 Å². The first-order chi connectivity index (χ1) is 7.54. The van der Waals surface area contributed by atoms with Crippen LogP contribution in [0, 0.1) is 6.92 Å². The van der Waals surface area contributed by atoms with E-state index in [9.17, 15) is 4.79 Å². The van der Waals surface area contributed by atoms with Gasteiger partial charge in [-0.05, 0) is 30.2 Å². The molecule has 1 rings (SSSR count). The van der Waals surface area contributed by atoms with E-state index < -0.39 is 5.91 Å². The fourth-order valence-corrected chi connectivity index (χ4v) is 1.90. The Morgan fingerprint density at radius 2 is 2.12 bits per heavy atom. The number of amidine groups is 1. The zero-order valence-corrected chi connectivity index (χ0v) is 9.75. The molecule has 0 aliphatic heterocycles. The van der Waals surface area contributed by atoms with Gasteiger partial charge in [0.15, 0.2) is 5.17 Å². The molecule has 1 aromatic carbocycles. The second-order valence-electron chi connectivity index (χ2n) is 3.26. The average Bonchev–Trinajstić information content (AvgIpc) is 2.26. The number of nitrogens with two attached hydrogens (primary N) is 3. The van der Waals surface area contributed by atoms with Crippen LogP contribution in [0.15, 0.2) is 23.3 Å². The number of thioether (sulfide) groups is 1. The summed E-state index contributed by atoms with van der Waals surface area (Å²) in [7, 11) is 0. The molecule has 0 saturated heterocycles. The maximum atomic E-state index is 10.9. The molecular formula is C10H14N4OS. The van der Waals surface area contributed by atoms with Gasteiger partial charge < -0.3 is 17.3 Å². The lowest BCUT2D eigenvalue weighted by molar-refractivity contribution is 0.1000. The Bertz CT molecular complexity index is 431. The summed E-state index contributed by atoms with van der Waals surface area (Å²) in [6, 6.07) is 5.31. The van der Waals surface area contributed by atoms with Gasteiger partial charge in [0.25, 0.3) is 0 Å². The molecule has 0 spiro atoms. The van der Waals surface area contributed by atoms with Crippen molar-refractivity contribution in [1.29, 1.82) is 0 Å². The lowest BCUT2D eigenvalue weighted by Crippen LogP contribution is -2.12. The molecule has 1 amide bonds. The summed E-state index contributed by atoms with van der Waals surface area (Å²) in [6.45, 7) is 1.91. The van der Waals surface area contributed by atoms with Crippen LogP contribution in [0.4, 0.5) is 0 Å². The molecule has 0 saturated carbocycles. The van der Waals surface area contributed by atoms with Crippen molar-refractivity contribution >= 4 is 22.8 Å². The number of primary amides is 1. The molecule has 0 radical (unpaired) electrons. The number of hydrogen-bond donors (Lipinski definition) is 3. The van der Waals surface area contributed by atoms with Gasteiger partial charge in [0.1, 0.15) is 0 Å². The van der Waals surface area contributed by atoms with Crippen LogP contribution >= 0.6 is 11.8 Å². The Morgan fingerprint density at radius 1 is 1.44 bits per heavy atom. The van der Waals surface area contributed by atoms with Gasteiger partial charge in [-0.3, -0.25) is 4.79 Å². The normalized spacial score (nSPS) is 11.4. The smallest absolute Gasteiger partial charge is 0.248 e. The van der Waals surface area contributed by atoms with E-state index >= 15 is 0 Å². The van der Waals surface area contributed by atoms with E-state index in [0.29, 0.717) is 16.5 Å². The van der Waals surface area contributed by atoms with Crippen molar-refractivity contribution in [3.8, 4) is 0 Å². The molecule has 0 aliphatic rings. The molecule has 0 atom stereocenters. The minimum atomic E-state index is -0.426. The number of carbonyl (C=O) groups excluding carboxylic acids is 1. The molecule has 0 aromatic heterocycles. The summed E-state index contributed by atoms with van der Waals surface area (Å²) >= 11 is 1.34. The van der Waals surface area contributed by atoms with Gasteiger partial charge in [0.2, 0.25) is 5.91 Å². The van der Waals surface area contributed by atoms with Gasteiger partial charge in [-0.25, -0.2) is 0 Å². The molecular weight excluding hydrogens is 224 g/mol. The molecule has 86 valence electrons. The molecule has 0 bridgehead atoms. The van der Waals surface area contributed by atoms with E-state index in [0.717, 1.165) is 11.1 Å². The first-order valence-corrected chi connectivity index (χ1v) is 5.58. The van der Waals surface area contributed by atoms with Gasteiger partial charge in [-0.15, -0.1) is 0 Å². The highest BCUT2D eigenvalue weighted by atomic mass is 32.2. The van der Waals surface area contributed by atoms with Crippen LogP contribution < -0.4 is 17.3 Å². The quantitative estimate of drug-likeness (QED) is 0.309. The van der Waals surface area contributed by atoms with E-state index in [1.165, 1.54) is 11.8 Å². The van der Waals surface area contributed by atoms with Crippen LogP contribution in [-0.2, 0) is 5.75 Å². The number of rotatable bonds is 3. The maximum Gasteiger partial charge on any atom is 0.248 e. The van der Waals surface area contributed by atoms with E-state index in [1.807, 2.05) is 13.0 Å². The monoisotopic (exact) mass is 238 g/mol. The van der Waals surface area contributed by atoms with Gasteiger partial charge in [0.05, 0.1) is 0 Å². The number of aryl methyl sites for hydroxylation is 1. The highest BCUT2D eigenvalue weighted by molar-refractivity contribution is 8.13. The minimum absolute atomic E-state index is 0.332. The van der Waals surface area contributed by atoms with Crippen LogP contribution in [0.3, 0.4) is 0 Å². The predicted molar refractivity (Wildman–Crippen MR) is 66.8 cm³/mol. The molecule has 5 nitrogen and oxygen atoms in total. The van der Waals surface area contributed by atoms with Crippen molar-refractivity contribution in [2.24, 2.45) is 22.4 Å². The largest absolute Gasteiger partial charge is 0.377 e. The van der Waals surface area contributed by atoms with Gasteiger partial charge in [0, 0.05) is 11.3 Å². The number of nitrogens with zero attached hydrogens (tertiary/aromatic N) is 1. The fourth-order valence-electron chi connectivity index (χ4n) is 1.20. The summed E-state index contributed by atoms with van der Waals surface area (Å²) in [5, 5.41) is 3.69. The molecule has 6 heteroatoms. The number of hydrogen-bond acceptors (Lipinski definition) is 4. The third-order valence-corrected chi connectivity index (χ3v) is 2.99. The van der Waals surface area contributed by atoms with Crippen molar-refractivity contribution < 1.29 is 4.79 Å². The summed E-state index contributed by atoms with van der Waals surface area (Å²) in [5.74, 6) is 5.26. The van der Waals surface area contributed by atoms with Gasteiger partial charge >= 0.3 is 0 Å². The second kappa shape index (κ2) is 5.41. The van der Waals surface area contributed by atoms with E-state index in [1.54, 1.807) is 12.1 Å². The van der Waals surface area contributed by atoms with Crippen LogP contribution in [0.1, 0.15) is 21.5 Å². The molecule has 0 fully saturated rings. The number of carbonyl (C=O) groups is 1. The topological polar surface area (TPSA) is 107 Å². The standard InChI is InChI=1S/C10H14N4OS/c1-6-4-7(9(11)15)2-3-8(6)5-16-10(12)14-13/h2-4H,5,13H2,1H3,(H2,11,15)(H2,12,14). The highest BCUT2D eigenvalue weighted by Crippen LogP contribution is 2.17. The maximum absolute atomic E-state index is 10.9. The Hall–Kier alpha value is -1.69. The number of amides is 1. The van der Waals surface area contributed by atoms with Crippen molar-refractivity contribution in [2.75, 3.05) is 0 Å². The predicted octanol–water partition coefficient (Wildman–Crippen LogP) is 0.516. The fraction of sp³-hybridized carbons (Fsp3) is 0.200. The van der Waals surface area contributed by atoms with Crippen molar-refractivity contribution in [1.82, 2.24) is 0 Å². The SMILES string of the molecule is Cc1cc(C(N)=O)ccc1CS/C(N)=N/N. The summed E-state index contributed by atoms with van der Waals surface area (Å²) in [5.41, 5.74) is 13.2. The van der Waals surface area contributed by atoms with Crippen molar-refractivity contribution in [3.05, 3.63) is 34.9 Å². The zero-order chi connectivity index (χ0) is 12.1. The molecule has 1 aromatic rings. The minimum Gasteiger partial charge on any atom is -0.377 e. The van der Waals surface area contributed by atoms with E-state index in [4.69, 9.17) is 17.3 Å². The summed E-state index contributed by atoms with van der Waals surface area (Å²) < 4.78 is 0. The molecule has 6 N–H and O–H groups in total. The number of hydrazone groups is 1. The lowest BCUT2D eigenvalue weighted by atomic mass is 10.1. The Kier molecular flexibility index (Phi) is 4.19. The van der Waals surface area contributed by atoms with Crippen LogP contribution in [0.25, 0.3) is 0 Å². The zero-order valence-electron chi connectivity index (χ0n) is 8.93. The highest BCUT2D eigenvalue weighted by Gasteiger charge is 2.05. The number of benzene rings is 1. The molecule has 0 aliphatic carbocycles. The molecule has 16 heavy (non-hydrogen) atoms. The lowest BCUT2D eigenvalue weighted by Gasteiger charge is -2.06. The van der Waals surface area contributed by atoms with Crippen molar-refractivity contribution in [2.45, 2.75) is 12.7 Å². The van der Waals surface area contributed by atoms with Crippen LogP contribution in [0.5, 0.6) is 0 Å². The average molecular weight is 238 g/mol. The van der Waals surface area contributed by atoms with E-state index in [2.05, 4.69) is 5.10 Å². The summed E-state index contributed by atoms with van der Waals surface area (Å²) in [4.78, 5) is 10.9. The van der Waals surface area contributed by atoms with Crippen LogP contribution in [0.2, 0.25) is 0 Å². The Morgan fingerprint density at radius 3 is 2.62 bits per heavy atom. The Labute approximate surface area is 98.1 Å². The molecule has 0 heterocycles. The third kappa shape index (κ3) is 3.16. The Balaban J connectivity index is 2.79. The molecule has 0 unspecified atom stereocenters. The van der Waals surface area contributed by atoms with Crippen molar-refractivity contribution in [3.63, 3.8) is 0 Å². The first-order valence-electron chi connectivity index (χ1n) is 4.60. The second-order valence-corrected chi connectivity index (χ2v) is 4.26. The third-order valence-electron chi connectivity index (χ3n) is 2.13. The van der Waals surface area contributed by atoms with Crippen LogP contribution in [-0.4, -0.2) is 11.1 Å². The van der Waals surface area contributed by atoms with E-state index in [-0.39, 0.29) is 0 Å². The van der Waals surface area contributed by atoms with Gasteiger partial charge in [-0.2, -0.15) is 5.10 Å².